The Morgan fingerprint density at radius 2 is 1.69 bits per heavy atom. The molecule has 26 heavy (non-hydrogen) atoms. The monoisotopic (exact) mass is 354 g/mol. The predicted octanol–water partition coefficient (Wildman–Crippen LogP) is 3.59. The third-order valence-corrected chi connectivity index (χ3v) is 4.27. The number of ether oxygens (including phenoxy) is 1. The molecule has 2 aromatic carbocycles. The Bertz CT molecular complexity index is 813. The van der Waals surface area contributed by atoms with Gasteiger partial charge in [0.15, 0.2) is 0 Å². The van der Waals surface area contributed by atoms with E-state index in [4.69, 9.17) is 4.74 Å². The summed E-state index contributed by atoms with van der Waals surface area (Å²) in [6, 6.07) is 13.4. The number of hydrogen-bond acceptors (Lipinski definition) is 3. The number of hydrogen-bond donors (Lipinski definition) is 2. The highest BCUT2D eigenvalue weighted by Crippen LogP contribution is 2.27. The van der Waals surface area contributed by atoms with Crippen LogP contribution in [0.3, 0.4) is 0 Å². The van der Waals surface area contributed by atoms with Crippen molar-refractivity contribution >= 4 is 17.5 Å². The summed E-state index contributed by atoms with van der Waals surface area (Å²) < 4.78 is 5.28. The van der Waals surface area contributed by atoms with Crippen LogP contribution < -0.4 is 15.4 Å². The lowest BCUT2D eigenvalue weighted by Crippen LogP contribution is -2.44. The van der Waals surface area contributed by atoms with Crippen molar-refractivity contribution in [2.45, 2.75) is 34.2 Å². The van der Waals surface area contributed by atoms with Crippen molar-refractivity contribution in [3.8, 4) is 5.75 Å². The molecule has 2 N–H and O–H groups in total. The molecule has 2 rings (SSSR count). The van der Waals surface area contributed by atoms with E-state index in [0.717, 1.165) is 16.7 Å². The van der Waals surface area contributed by atoms with Crippen molar-refractivity contribution < 1.29 is 14.3 Å². The van der Waals surface area contributed by atoms with Crippen molar-refractivity contribution in [2.75, 3.05) is 12.4 Å². The van der Waals surface area contributed by atoms with Crippen LogP contribution in [-0.4, -0.2) is 18.9 Å². The summed E-state index contributed by atoms with van der Waals surface area (Å²) in [4.78, 5) is 25.3. The molecular formula is C21H26N2O3. The lowest BCUT2D eigenvalue weighted by molar-refractivity contribution is -0.138. The fraction of sp³-hybridized carbons (Fsp3) is 0.333. The maximum Gasteiger partial charge on any atom is 0.239 e. The molecule has 0 radical (unpaired) electrons. The maximum absolute atomic E-state index is 12.7. The first-order valence-electron chi connectivity index (χ1n) is 8.54. The van der Waals surface area contributed by atoms with E-state index in [1.165, 1.54) is 0 Å². The molecule has 138 valence electrons. The van der Waals surface area contributed by atoms with E-state index in [9.17, 15) is 9.59 Å². The molecule has 0 spiro atoms. The van der Waals surface area contributed by atoms with Gasteiger partial charge in [0, 0.05) is 6.54 Å². The van der Waals surface area contributed by atoms with Gasteiger partial charge in [0.1, 0.15) is 11.2 Å². The molecular weight excluding hydrogens is 328 g/mol. The van der Waals surface area contributed by atoms with Gasteiger partial charge in [0.25, 0.3) is 0 Å². The minimum atomic E-state index is -1.22. The van der Waals surface area contributed by atoms with Crippen molar-refractivity contribution in [3.63, 3.8) is 0 Å². The van der Waals surface area contributed by atoms with Gasteiger partial charge in [-0.15, -0.1) is 0 Å². The Kier molecular flexibility index (Phi) is 6.03. The summed E-state index contributed by atoms with van der Waals surface area (Å²) in [6.07, 6.45) is 0. The smallest absolute Gasteiger partial charge is 0.239 e. The number of benzene rings is 2. The zero-order valence-corrected chi connectivity index (χ0v) is 16.0. The summed E-state index contributed by atoms with van der Waals surface area (Å²) in [5, 5.41) is 5.65. The van der Waals surface area contributed by atoms with E-state index in [1.807, 2.05) is 50.2 Å². The number of methoxy groups -OCH3 is 1. The van der Waals surface area contributed by atoms with Gasteiger partial charge < -0.3 is 15.4 Å². The Labute approximate surface area is 154 Å². The number of amides is 2. The summed E-state index contributed by atoms with van der Waals surface area (Å²) in [6.45, 7) is 7.52. The Hall–Kier alpha value is -2.82. The molecule has 0 unspecified atom stereocenters. The van der Waals surface area contributed by atoms with Crippen LogP contribution in [0.4, 0.5) is 5.69 Å². The molecule has 0 atom stereocenters. The molecule has 0 fully saturated rings. The average molecular weight is 354 g/mol. The number of rotatable bonds is 6. The van der Waals surface area contributed by atoms with Crippen LogP contribution in [0.25, 0.3) is 0 Å². The Morgan fingerprint density at radius 1 is 1.00 bits per heavy atom. The molecule has 0 heterocycles. The second kappa shape index (κ2) is 8.04. The van der Waals surface area contributed by atoms with Crippen molar-refractivity contribution in [2.24, 2.45) is 5.41 Å². The van der Waals surface area contributed by atoms with Crippen molar-refractivity contribution in [3.05, 3.63) is 59.2 Å². The molecule has 5 heteroatoms. The number of aryl methyl sites for hydroxylation is 2. The first-order valence-corrected chi connectivity index (χ1v) is 8.54. The molecule has 0 aliphatic carbocycles. The zero-order valence-electron chi connectivity index (χ0n) is 16.0. The molecule has 5 nitrogen and oxygen atoms in total. The van der Waals surface area contributed by atoms with Crippen molar-refractivity contribution in [1.29, 1.82) is 0 Å². The van der Waals surface area contributed by atoms with Crippen LogP contribution >= 0.6 is 0 Å². The van der Waals surface area contributed by atoms with Gasteiger partial charge in [-0.1, -0.05) is 35.9 Å². The standard InChI is InChI=1S/C21H26N2O3/c1-14-7-6-8-16(11-14)13-22-19(24)21(3,4)20(25)23-17-12-15(2)9-10-18(17)26-5/h6-12H,13H2,1-5H3,(H,22,24)(H,23,25). The highest BCUT2D eigenvalue weighted by atomic mass is 16.5. The first kappa shape index (κ1) is 19.5. The predicted molar refractivity (Wildman–Crippen MR) is 103 cm³/mol. The van der Waals surface area contributed by atoms with E-state index in [1.54, 1.807) is 27.0 Å². The van der Waals surface area contributed by atoms with Gasteiger partial charge in [-0.05, 0) is 51.0 Å². The minimum Gasteiger partial charge on any atom is -0.495 e. The van der Waals surface area contributed by atoms with Crippen LogP contribution in [0.15, 0.2) is 42.5 Å². The second-order valence-electron chi connectivity index (χ2n) is 6.95. The molecule has 0 aromatic heterocycles. The largest absolute Gasteiger partial charge is 0.495 e. The lowest BCUT2D eigenvalue weighted by Gasteiger charge is -2.23. The average Bonchev–Trinajstić information content (AvgIpc) is 2.59. The summed E-state index contributed by atoms with van der Waals surface area (Å²) in [7, 11) is 1.54. The van der Waals surface area contributed by atoms with Gasteiger partial charge in [-0.3, -0.25) is 9.59 Å². The van der Waals surface area contributed by atoms with Gasteiger partial charge in [0.2, 0.25) is 11.8 Å². The normalized spacial score (nSPS) is 11.0. The molecule has 0 saturated heterocycles. The number of carbonyl (C=O) groups excluding carboxylic acids is 2. The number of carbonyl (C=O) groups is 2. The molecule has 0 aliphatic rings. The van der Waals surface area contributed by atoms with Crippen molar-refractivity contribution in [1.82, 2.24) is 5.32 Å². The van der Waals surface area contributed by atoms with Crippen LogP contribution in [0, 0.1) is 19.3 Å². The van der Waals surface area contributed by atoms with Crippen LogP contribution in [0.1, 0.15) is 30.5 Å². The molecule has 2 aromatic rings. The maximum atomic E-state index is 12.7. The van der Waals surface area contributed by atoms with Crippen LogP contribution in [0.5, 0.6) is 5.75 Å². The first-order chi connectivity index (χ1) is 12.2. The highest BCUT2D eigenvalue weighted by Gasteiger charge is 2.36. The van der Waals surface area contributed by atoms with E-state index in [0.29, 0.717) is 18.0 Å². The number of nitrogens with one attached hydrogen (secondary N) is 2. The summed E-state index contributed by atoms with van der Waals surface area (Å²) in [5.74, 6) is -0.161. The lowest BCUT2D eigenvalue weighted by atomic mass is 9.90. The van der Waals surface area contributed by atoms with Crippen LogP contribution in [0.2, 0.25) is 0 Å². The summed E-state index contributed by atoms with van der Waals surface area (Å²) in [5.41, 5.74) is 2.44. The molecule has 0 bridgehead atoms. The highest BCUT2D eigenvalue weighted by molar-refractivity contribution is 6.10. The summed E-state index contributed by atoms with van der Waals surface area (Å²) >= 11 is 0. The minimum absolute atomic E-state index is 0.330. The SMILES string of the molecule is COc1ccc(C)cc1NC(=O)C(C)(C)C(=O)NCc1cccc(C)c1. The van der Waals surface area contributed by atoms with Gasteiger partial charge in [0.05, 0.1) is 12.8 Å². The van der Waals surface area contributed by atoms with E-state index >= 15 is 0 Å². The van der Waals surface area contributed by atoms with Crippen LogP contribution in [-0.2, 0) is 16.1 Å². The quantitative estimate of drug-likeness (QED) is 0.779. The third kappa shape index (κ3) is 4.63. The fourth-order valence-electron chi connectivity index (χ4n) is 2.53. The zero-order chi connectivity index (χ0) is 19.3. The van der Waals surface area contributed by atoms with Gasteiger partial charge in [-0.25, -0.2) is 0 Å². The second-order valence-corrected chi connectivity index (χ2v) is 6.95. The van der Waals surface area contributed by atoms with E-state index in [2.05, 4.69) is 10.6 Å². The van der Waals surface area contributed by atoms with E-state index < -0.39 is 5.41 Å². The topological polar surface area (TPSA) is 67.4 Å². The molecule has 0 saturated carbocycles. The Balaban J connectivity index is 2.06. The van der Waals surface area contributed by atoms with Gasteiger partial charge in [-0.2, -0.15) is 0 Å². The molecule has 0 aliphatic heterocycles. The van der Waals surface area contributed by atoms with Gasteiger partial charge >= 0.3 is 0 Å². The fourth-order valence-corrected chi connectivity index (χ4v) is 2.53. The number of anilines is 1. The van der Waals surface area contributed by atoms with E-state index in [-0.39, 0.29) is 11.8 Å². The Morgan fingerprint density at radius 3 is 2.35 bits per heavy atom. The molecule has 2 amide bonds. The third-order valence-electron chi connectivity index (χ3n) is 4.27.